The first-order valence-electron chi connectivity index (χ1n) is 7.69. The summed E-state index contributed by atoms with van der Waals surface area (Å²) in [6.07, 6.45) is 3.46. The van der Waals surface area contributed by atoms with Crippen LogP contribution in [-0.2, 0) is 4.57 Å². The molecule has 0 heterocycles. The van der Waals surface area contributed by atoms with Crippen LogP contribution in [0, 0.1) is 0 Å². The summed E-state index contributed by atoms with van der Waals surface area (Å²) in [5.41, 5.74) is 1.34. The summed E-state index contributed by atoms with van der Waals surface area (Å²) >= 11 is 0. The van der Waals surface area contributed by atoms with E-state index in [1.165, 1.54) is 40.6 Å². The Morgan fingerprint density at radius 3 is 1.66 bits per heavy atom. The number of phosphoric acid groups is 1. The first kappa shape index (κ1) is 28.3. The third kappa shape index (κ3) is 8.17. The van der Waals surface area contributed by atoms with Crippen LogP contribution in [0.4, 0.5) is 0 Å². The molecule has 0 aliphatic rings. The number of phosphoric ester groups is 1. The van der Waals surface area contributed by atoms with Crippen molar-refractivity contribution in [3.8, 4) is 28.7 Å². The van der Waals surface area contributed by atoms with Gasteiger partial charge in [0.15, 0.2) is 23.0 Å². The third-order valence-electron chi connectivity index (χ3n) is 3.55. The van der Waals surface area contributed by atoms with E-state index in [1.54, 1.807) is 30.4 Å². The van der Waals surface area contributed by atoms with E-state index in [1.807, 2.05) is 0 Å². The Balaban J connectivity index is 0.00000392. The molecule has 2 aromatic rings. The van der Waals surface area contributed by atoms with Crippen LogP contribution in [0.2, 0.25) is 0 Å². The Morgan fingerprint density at radius 2 is 1.21 bits per heavy atom. The van der Waals surface area contributed by atoms with Gasteiger partial charge in [0.2, 0.25) is 5.75 Å². The molecule has 11 heteroatoms. The zero-order valence-corrected chi connectivity index (χ0v) is 22.1. The molecule has 0 unspecified atom stereocenters. The van der Waals surface area contributed by atoms with Crippen LogP contribution < -0.4 is 92.4 Å². The molecule has 0 aromatic heterocycles. The van der Waals surface area contributed by atoms with Crippen molar-refractivity contribution in [3.05, 3.63) is 41.5 Å². The van der Waals surface area contributed by atoms with Gasteiger partial charge in [-0.2, -0.15) is 0 Å². The Hall–Kier alpha value is -0.670. The molecule has 29 heavy (non-hydrogen) atoms. The number of hydrogen-bond donors (Lipinski definition) is 0. The first-order valence-corrected chi connectivity index (χ1v) is 9.15. The molecule has 0 radical (unpaired) electrons. The van der Waals surface area contributed by atoms with Gasteiger partial charge in [-0.3, -0.25) is 0 Å². The summed E-state index contributed by atoms with van der Waals surface area (Å²) in [6, 6.07) is 8.07. The first-order chi connectivity index (χ1) is 12.8. The molecule has 0 N–H and O–H groups in total. The predicted molar refractivity (Wildman–Crippen MR) is 96.3 cm³/mol. The molecular weight excluding hydrogens is 421 g/mol. The molecule has 0 amide bonds. The van der Waals surface area contributed by atoms with Crippen molar-refractivity contribution in [3.63, 3.8) is 0 Å². The van der Waals surface area contributed by atoms with Crippen LogP contribution in [0.3, 0.4) is 0 Å². The molecule has 2 rings (SSSR count). The van der Waals surface area contributed by atoms with Crippen LogP contribution in [0.25, 0.3) is 12.2 Å². The number of hydrogen-bond acceptors (Lipinski definition) is 8. The molecular formula is C18H19Na2O8P. The summed E-state index contributed by atoms with van der Waals surface area (Å²) < 4.78 is 36.2. The maximum atomic E-state index is 10.9. The molecule has 0 atom stereocenters. The number of methoxy groups -OCH3 is 4. The van der Waals surface area contributed by atoms with Crippen molar-refractivity contribution >= 4 is 20.0 Å². The van der Waals surface area contributed by atoms with E-state index in [2.05, 4.69) is 4.52 Å². The quantitative estimate of drug-likeness (QED) is 0.233. The topological polar surface area (TPSA) is 109 Å². The van der Waals surface area contributed by atoms with E-state index in [9.17, 15) is 14.4 Å². The van der Waals surface area contributed by atoms with Gasteiger partial charge in [0.05, 0.1) is 28.4 Å². The average molecular weight is 440 g/mol. The van der Waals surface area contributed by atoms with Crippen LogP contribution in [0.5, 0.6) is 28.7 Å². The van der Waals surface area contributed by atoms with Crippen LogP contribution in [0.15, 0.2) is 30.3 Å². The van der Waals surface area contributed by atoms with Crippen molar-refractivity contribution in [2.24, 2.45) is 0 Å². The van der Waals surface area contributed by atoms with Crippen molar-refractivity contribution in [2.75, 3.05) is 28.4 Å². The van der Waals surface area contributed by atoms with E-state index >= 15 is 0 Å². The maximum absolute atomic E-state index is 10.9. The van der Waals surface area contributed by atoms with Gasteiger partial charge in [-0.25, -0.2) is 0 Å². The summed E-state index contributed by atoms with van der Waals surface area (Å²) in [4.78, 5) is 21.8. The van der Waals surface area contributed by atoms with Crippen LogP contribution >= 0.6 is 7.82 Å². The van der Waals surface area contributed by atoms with Crippen molar-refractivity contribution in [1.82, 2.24) is 0 Å². The van der Waals surface area contributed by atoms with Gasteiger partial charge in [0.25, 0.3) is 0 Å². The van der Waals surface area contributed by atoms with E-state index in [0.717, 1.165) is 5.56 Å². The van der Waals surface area contributed by atoms with E-state index < -0.39 is 7.82 Å². The summed E-state index contributed by atoms with van der Waals surface area (Å²) in [7, 11) is 0.680. The molecule has 0 spiro atoms. The van der Waals surface area contributed by atoms with E-state index in [-0.39, 0.29) is 70.6 Å². The molecule has 0 aliphatic carbocycles. The van der Waals surface area contributed by atoms with Gasteiger partial charge >= 0.3 is 59.1 Å². The minimum absolute atomic E-state index is 0. The Bertz CT molecular complexity index is 857. The molecule has 0 saturated carbocycles. The Kier molecular flexibility index (Phi) is 12.6. The normalized spacial score (nSPS) is 10.6. The fourth-order valence-corrected chi connectivity index (χ4v) is 2.76. The standard InChI is InChI=1S/C18H21O8P.2Na/c1-22-14-8-7-12(9-15(14)26-27(19,20)21)5-6-13-10-16(23-2)18(25-4)17(11-13)24-3;;/h5-11H,1-4H3,(H2,19,20,21);;/q;2*+1/p-2/b6-5-;;. The van der Waals surface area contributed by atoms with Gasteiger partial charge in [0.1, 0.15) is 7.82 Å². The largest absolute Gasteiger partial charge is 1.00 e. The van der Waals surface area contributed by atoms with Gasteiger partial charge in [-0.1, -0.05) is 18.2 Å². The fraction of sp³-hybridized carbons (Fsp3) is 0.222. The second kappa shape index (κ2) is 12.9. The average Bonchev–Trinajstić information content (AvgIpc) is 2.64. The van der Waals surface area contributed by atoms with Crippen molar-refractivity contribution in [2.45, 2.75) is 0 Å². The number of benzene rings is 2. The Morgan fingerprint density at radius 1 is 0.724 bits per heavy atom. The summed E-state index contributed by atoms with van der Waals surface area (Å²) in [5, 5.41) is 0. The maximum Gasteiger partial charge on any atom is 1.00 e. The second-order valence-corrected chi connectivity index (χ2v) is 6.32. The van der Waals surface area contributed by atoms with Gasteiger partial charge < -0.3 is 37.8 Å². The second-order valence-electron chi connectivity index (χ2n) is 5.24. The minimum Gasteiger partial charge on any atom is -0.780 e. The fourth-order valence-electron chi connectivity index (χ4n) is 2.38. The molecule has 0 fully saturated rings. The smallest absolute Gasteiger partial charge is 0.780 e. The number of ether oxygens (including phenoxy) is 4. The Labute approximate surface area is 214 Å². The SMILES string of the molecule is COc1ccc(/C=C\c2cc(OC)c(OC)c(OC)c2)cc1OP(=O)([O-])[O-].[Na+].[Na+]. The molecule has 0 saturated heterocycles. The van der Waals surface area contributed by atoms with Gasteiger partial charge in [-0.05, 0) is 35.4 Å². The summed E-state index contributed by atoms with van der Waals surface area (Å²) in [5.74, 6) is 1.41. The molecule has 0 bridgehead atoms. The molecule has 2 aromatic carbocycles. The minimum atomic E-state index is -5.21. The van der Waals surface area contributed by atoms with Crippen molar-refractivity contribution < 1.29 is 96.9 Å². The molecule has 146 valence electrons. The van der Waals surface area contributed by atoms with Crippen LogP contribution in [0.1, 0.15) is 11.1 Å². The zero-order valence-electron chi connectivity index (χ0n) is 17.3. The third-order valence-corrected chi connectivity index (χ3v) is 3.97. The monoisotopic (exact) mass is 440 g/mol. The van der Waals surface area contributed by atoms with Gasteiger partial charge in [0, 0.05) is 0 Å². The van der Waals surface area contributed by atoms with Crippen molar-refractivity contribution in [1.29, 1.82) is 0 Å². The zero-order chi connectivity index (χ0) is 20.0. The van der Waals surface area contributed by atoms with E-state index in [0.29, 0.717) is 22.8 Å². The van der Waals surface area contributed by atoms with E-state index in [4.69, 9.17) is 18.9 Å². The van der Waals surface area contributed by atoms with Crippen LogP contribution in [-0.4, -0.2) is 28.4 Å². The number of rotatable bonds is 8. The predicted octanol–water partition coefficient (Wildman–Crippen LogP) is -3.89. The molecule has 8 nitrogen and oxygen atoms in total. The molecule has 0 aliphatic heterocycles. The van der Waals surface area contributed by atoms with Gasteiger partial charge in [-0.15, -0.1) is 0 Å². The summed E-state index contributed by atoms with van der Waals surface area (Å²) in [6.45, 7) is 0.